The molecule has 0 aromatic heterocycles. The first kappa shape index (κ1) is 15.0. The number of phenolic OH excluding ortho intramolecular Hbond substituents is 1. The number of unbranched alkanes of at least 4 members (excludes halogenated alkanes) is 2. The zero-order chi connectivity index (χ0) is 13.7. The molecule has 0 amide bonds. The summed E-state index contributed by atoms with van der Waals surface area (Å²) in [7, 11) is 0. The molecule has 0 aliphatic rings. The Kier molecular flexibility index (Phi) is 5.63. The minimum Gasteiger partial charge on any atom is -0.507 e. The molecule has 0 aliphatic heterocycles. The Hall–Kier alpha value is -1.06. The van der Waals surface area contributed by atoms with Crippen LogP contribution in [0.25, 0.3) is 0 Å². The van der Waals surface area contributed by atoms with Gasteiger partial charge in [-0.05, 0) is 50.3 Å². The maximum absolute atomic E-state index is 10.2. The zero-order valence-electron chi connectivity index (χ0n) is 11.5. The van der Waals surface area contributed by atoms with Crippen LogP contribution in [-0.2, 0) is 0 Å². The Morgan fingerprint density at radius 1 is 1.06 bits per heavy atom. The van der Waals surface area contributed by atoms with Gasteiger partial charge in [-0.15, -0.1) is 0 Å². The number of rotatable bonds is 6. The van der Waals surface area contributed by atoms with Crippen LogP contribution in [0.1, 0.15) is 54.0 Å². The van der Waals surface area contributed by atoms with Crippen LogP contribution in [0.3, 0.4) is 0 Å². The quantitative estimate of drug-likeness (QED) is 0.682. The van der Waals surface area contributed by atoms with E-state index in [0.717, 1.165) is 36.0 Å². The van der Waals surface area contributed by atoms with Crippen molar-refractivity contribution in [2.75, 3.05) is 6.61 Å². The van der Waals surface area contributed by atoms with Crippen LogP contribution in [0.4, 0.5) is 0 Å². The molecule has 3 nitrogen and oxygen atoms in total. The van der Waals surface area contributed by atoms with Gasteiger partial charge in [-0.2, -0.15) is 0 Å². The Balaban J connectivity index is 2.79. The average molecular weight is 252 g/mol. The summed E-state index contributed by atoms with van der Waals surface area (Å²) >= 11 is 0. The summed E-state index contributed by atoms with van der Waals surface area (Å²) in [6.07, 6.45) is 2.52. The normalized spacial score (nSPS) is 12.7. The van der Waals surface area contributed by atoms with E-state index in [1.165, 1.54) is 0 Å². The molecule has 0 fully saturated rings. The molecular weight excluding hydrogens is 228 g/mol. The summed E-state index contributed by atoms with van der Waals surface area (Å²) in [5.74, 6) is 0.224. The van der Waals surface area contributed by atoms with Gasteiger partial charge in [0, 0.05) is 12.2 Å². The molecule has 1 aromatic carbocycles. The molecule has 0 bridgehead atoms. The third-order valence-electron chi connectivity index (χ3n) is 3.53. The monoisotopic (exact) mass is 252 g/mol. The van der Waals surface area contributed by atoms with Crippen molar-refractivity contribution in [2.45, 2.75) is 52.6 Å². The van der Waals surface area contributed by atoms with Crippen molar-refractivity contribution in [1.29, 1.82) is 0 Å². The molecule has 0 radical (unpaired) electrons. The third kappa shape index (κ3) is 3.47. The number of hydrogen-bond acceptors (Lipinski definition) is 3. The SMILES string of the molecule is Cc1cc(C)c(C(O)CCCCCO)c(O)c1C. The fourth-order valence-corrected chi connectivity index (χ4v) is 2.28. The Morgan fingerprint density at radius 3 is 2.33 bits per heavy atom. The van der Waals surface area contributed by atoms with Crippen LogP contribution in [0.15, 0.2) is 6.07 Å². The lowest BCUT2D eigenvalue weighted by atomic mass is 9.93. The number of aromatic hydroxyl groups is 1. The van der Waals surface area contributed by atoms with E-state index in [9.17, 15) is 10.2 Å². The summed E-state index contributed by atoms with van der Waals surface area (Å²) in [6.45, 7) is 5.94. The molecule has 3 N–H and O–H groups in total. The predicted molar refractivity (Wildman–Crippen MR) is 72.8 cm³/mol. The second-order valence-electron chi connectivity index (χ2n) is 4.99. The van der Waals surface area contributed by atoms with Gasteiger partial charge in [0.15, 0.2) is 0 Å². The van der Waals surface area contributed by atoms with E-state index in [0.29, 0.717) is 12.0 Å². The minimum absolute atomic E-state index is 0.198. The summed E-state index contributed by atoms with van der Waals surface area (Å²) in [5, 5.41) is 29.0. The lowest BCUT2D eigenvalue weighted by molar-refractivity contribution is 0.157. The Labute approximate surface area is 109 Å². The van der Waals surface area contributed by atoms with Gasteiger partial charge in [0.05, 0.1) is 6.10 Å². The van der Waals surface area contributed by atoms with Crippen LogP contribution in [0.5, 0.6) is 5.75 Å². The van der Waals surface area contributed by atoms with E-state index in [1.807, 2.05) is 26.8 Å². The molecule has 0 saturated heterocycles. The molecule has 0 spiro atoms. The molecule has 18 heavy (non-hydrogen) atoms. The largest absolute Gasteiger partial charge is 0.507 e. The summed E-state index contributed by atoms with van der Waals surface area (Å²) in [5.41, 5.74) is 3.47. The van der Waals surface area contributed by atoms with E-state index in [-0.39, 0.29) is 12.4 Å². The molecule has 1 unspecified atom stereocenters. The van der Waals surface area contributed by atoms with E-state index in [4.69, 9.17) is 5.11 Å². The molecule has 1 aromatic rings. The first-order valence-corrected chi connectivity index (χ1v) is 6.57. The van der Waals surface area contributed by atoms with E-state index >= 15 is 0 Å². The van der Waals surface area contributed by atoms with Crippen molar-refractivity contribution in [2.24, 2.45) is 0 Å². The number of hydrogen-bond donors (Lipinski definition) is 3. The van der Waals surface area contributed by atoms with Crippen molar-refractivity contribution in [3.8, 4) is 5.75 Å². The highest BCUT2D eigenvalue weighted by molar-refractivity contribution is 5.49. The summed E-state index contributed by atoms with van der Waals surface area (Å²) in [4.78, 5) is 0. The van der Waals surface area contributed by atoms with Crippen LogP contribution in [0, 0.1) is 20.8 Å². The van der Waals surface area contributed by atoms with Crippen molar-refractivity contribution in [3.63, 3.8) is 0 Å². The predicted octanol–water partition coefficient (Wildman–Crippen LogP) is 2.90. The lowest BCUT2D eigenvalue weighted by Gasteiger charge is -2.18. The first-order chi connectivity index (χ1) is 8.49. The van der Waals surface area contributed by atoms with Crippen molar-refractivity contribution < 1.29 is 15.3 Å². The second kappa shape index (κ2) is 6.76. The fourth-order valence-electron chi connectivity index (χ4n) is 2.28. The van der Waals surface area contributed by atoms with Gasteiger partial charge in [-0.25, -0.2) is 0 Å². The molecule has 1 rings (SSSR count). The second-order valence-corrected chi connectivity index (χ2v) is 4.99. The van der Waals surface area contributed by atoms with Crippen LogP contribution in [0.2, 0.25) is 0 Å². The van der Waals surface area contributed by atoms with Crippen molar-refractivity contribution in [3.05, 3.63) is 28.3 Å². The van der Waals surface area contributed by atoms with Gasteiger partial charge in [-0.1, -0.05) is 18.9 Å². The van der Waals surface area contributed by atoms with Gasteiger partial charge < -0.3 is 15.3 Å². The maximum atomic E-state index is 10.2. The Morgan fingerprint density at radius 2 is 1.72 bits per heavy atom. The molecule has 0 heterocycles. The van der Waals surface area contributed by atoms with Gasteiger partial charge in [0.2, 0.25) is 0 Å². The molecule has 3 heteroatoms. The van der Waals surface area contributed by atoms with Crippen molar-refractivity contribution >= 4 is 0 Å². The molecule has 1 atom stereocenters. The number of aryl methyl sites for hydroxylation is 2. The fraction of sp³-hybridized carbons (Fsp3) is 0.600. The lowest BCUT2D eigenvalue weighted by Crippen LogP contribution is -2.03. The number of aliphatic hydroxyl groups is 2. The van der Waals surface area contributed by atoms with E-state index in [1.54, 1.807) is 0 Å². The topological polar surface area (TPSA) is 60.7 Å². The zero-order valence-corrected chi connectivity index (χ0v) is 11.5. The smallest absolute Gasteiger partial charge is 0.124 e. The number of phenols is 1. The van der Waals surface area contributed by atoms with Gasteiger partial charge in [0.25, 0.3) is 0 Å². The number of benzene rings is 1. The third-order valence-corrected chi connectivity index (χ3v) is 3.53. The molecular formula is C15H24O3. The van der Waals surface area contributed by atoms with Gasteiger partial charge in [0.1, 0.15) is 5.75 Å². The molecule has 102 valence electrons. The van der Waals surface area contributed by atoms with Crippen LogP contribution >= 0.6 is 0 Å². The average Bonchev–Trinajstić information content (AvgIpc) is 2.32. The minimum atomic E-state index is -0.622. The van der Waals surface area contributed by atoms with E-state index in [2.05, 4.69) is 0 Å². The number of aliphatic hydroxyl groups excluding tert-OH is 2. The molecule has 0 aliphatic carbocycles. The molecule has 0 saturated carbocycles. The summed E-state index contributed by atoms with van der Waals surface area (Å²) in [6, 6.07) is 2.00. The standard InChI is InChI=1S/C15H24O3/c1-10-9-11(2)14(15(18)12(10)3)13(17)7-5-4-6-8-16/h9,13,16-18H,4-8H2,1-3H3. The highest BCUT2D eigenvalue weighted by atomic mass is 16.3. The van der Waals surface area contributed by atoms with Gasteiger partial charge in [-0.3, -0.25) is 0 Å². The highest BCUT2D eigenvalue weighted by Gasteiger charge is 2.17. The highest BCUT2D eigenvalue weighted by Crippen LogP contribution is 2.35. The Bertz CT molecular complexity index is 399. The van der Waals surface area contributed by atoms with E-state index < -0.39 is 6.10 Å². The maximum Gasteiger partial charge on any atom is 0.124 e. The summed E-state index contributed by atoms with van der Waals surface area (Å²) < 4.78 is 0. The van der Waals surface area contributed by atoms with Crippen molar-refractivity contribution in [1.82, 2.24) is 0 Å². The van der Waals surface area contributed by atoms with Crippen LogP contribution < -0.4 is 0 Å². The van der Waals surface area contributed by atoms with Crippen LogP contribution in [-0.4, -0.2) is 21.9 Å². The first-order valence-electron chi connectivity index (χ1n) is 6.57. The van der Waals surface area contributed by atoms with Gasteiger partial charge >= 0.3 is 0 Å².